The molecule has 0 amide bonds. The van der Waals surface area contributed by atoms with E-state index in [9.17, 15) is 8.78 Å². The first-order valence-electron chi connectivity index (χ1n) is 4.37. The molecule has 2 nitrogen and oxygen atoms in total. The molecule has 0 aromatic carbocycles. The highest BCUT2D eigenvalue weighted by Gasteiger charge is 2.30. The van der Waals surface area contributed by atoms with Crippen molar-refractivity contribution in [3.8, 4) is 0 Å². The standard InChI is InChI=1S/C8H16F2N2.ClH/c1-6(2)12-4-3-11-5-7(12)8(9)10;/h6-8,11H,3-5H2,1-2H3;1H. The topological polar surface area (TPSA) is 15.3 Å². The van der Waals surface area contributed by atoms with Crippen LogP contribution < -0.4 is 5.32 Å². The molecule has 1 rings (SSSR count). The third kappa shape index (κ3) is 3.37. The van der Waals surface area contributed by atoms with E-state index in [1.54, 1.807) is 0 Å². The fourth-order valence-corrected chi connectivity index (χ4v) is 1.62. The average molecular weight is 215 g/mol. The monoisotopic (exact) mass is 214 g/mol. The zero-order chi connectivity index (χ0) is 9.14. The van der Waals surface area contributed by atoms with Crippen molar-refractivity contribution in [2.24, 2.45) is 0 Å². The van der Waals surface area contributed by atoms with Crippen LogP contribution in [0.15, 0.2) is 0 Å². The Morgan fingerprint density at radius 1 is 1.38 bits per heavy atom. The number of halogens is 3. The molecule has 0 aromatic heterocycles. The molecule has 5 heteroatoms. The van der Waals surface area contributed by atoms with E-state index in [0.29, 0.717) is 6.54 Å². The van der Waals surface area contributed by atoms with Gasteiger partial charge in [0.2, 0.25) is 0 Å². The number of rotatable bonds is 2. The fraction of sp³-hybridized carbons (Fsp3) is 1.00. The smallest absolute Gasteiger partial charge is 0.255 e. The summed E-state index contributed by atoms with van der Waals surface area (Å²) in [6.45, 7) is 5.88. The molecule has 0 spiro atoms. The van der Waals surface area contributed by atoms with Crippen molar-refractivity contribution in [2.45, 2.75) is 32.4 Å². The van der Waals surface area contributed by atoms with Gasteiger partial charge in [-0.3, -0.25) is 4.90 Å². The second kappa shape index (κ2) is 5.73. The molecule has 0 bridgehead atoms. The third-order valence-corrected chi connectivity index (χ3v) is 2.28. The van der Waals surface area contributed by atoms with Crippen LogP contribution in [-0.2, 0) is 0 Å². The lowest BCUT2D eigenvalue weighted by atomic mass is 10.1. The van der Waals surface area contributed by atoms with Crippen LogP contribution in [-0.4, -0.2) is 43.0 Å². The zero-order valence-corrected chi connectivity index (χ0v) is 8.78. The third-order valence-electron chi connectivity index (χ3n) is 2.28. The van der Waals surface area contributed by atoms with Crippen molar-refractivity contribution in [3.63, 3.8) is 0 Å². The highest BCUT2D eigenvalue weighted by atomic mass is 35.5. The van der Waals surface area contributed by atoms with Gasteiger partial charge in [0.15, 0.2) is 0 Å². The van der Waals surface area contributed by atoms with E-state index in [-0.39, 0.29) is 18.4 Å². The van der Waals surface area contributed by atoms with Gasteiger partial charge < -0.3 is 5.32 Å². The molecule has 1 aliphatic heterocycles. The van der Waals surface area contributed by atoms with E-state index >= 15 is 0 Å². The summed E-state index contributed by atoms with van der Waals surface area (Å²) < 4.78 is 24.9. The Balaban J connectivity index is 0.00000144. The van der Waals surface area contributed by atoms with E-state index in [1.807, 2.05) is 18.7 Å². The van der Waals surface area contributed by atoms with Gasteiger partial charge in [-0.15, -0.1) is 12.4 Å². The van der Waals surface area contributed by atoms with Gasteiger partial charge in [0.25, 0.3) is 6.43 Å². The van der Waals surface area contributed by atoms with Crippen LogP contribution in [0.2, 0.25) is 0 Å². The molecule has 1 saturated heterocycles. The van der Waals surface area contributed by atoms with E-state index in [1.165, 1.54) is 0 Å². The predicted molar refractivity (Wildman–Crippen MR) is 51.8 cm³/mol. The van der Waals surface area contributed by atoms with Crippen LogP contribution in [0.4, 0.5) is 8.78 Å². The van der Waals surface area contributed by atoms with E-state index in [0.717, 1.165) is 13.1 Å². The summed E-state index contributed by atoms with van der Waals surface area (Å²) in [4.78, 5) is 1.86. The number of nitrogens with one attached hydrogen (secondary N) is 1. The molecule has 0 aromatic rings. The van der Waals surface area contributed by atoms with Gasteiger partial charge in [-0.05, 0) is 13.8 Å². The first-order valence-corrected chi connectivity index (χ1v) is 4.37. The average Bonchev–Trinajstić information content (AvgIpc) is 2.04. The Morgan fingerprint density at radius 2 is 2.00 bits per heavy atom. The lowest BCUT2D eigenvalue weighted by molar-refractivity contribution is -0.00277. The van der Waals surface area contributed by atoms with Crippen molar-refractivity contribution in [3.05, 3.63) is 0 Å². The van der Waals surface area contributed by atoms with E-state index < -0.39 is 12.5 Å². The quantitative estimate of drug-likeness (QED) is 0.747. The van der Waals surface area contributed by atoms with Gasteiger partial charge in [0.05, 0.1) is 6.04 Å². The molecule has 0 saturated carbocycles. The molecule has 1 heterocycles. The molecule has 1 aliphatic rings. The van der Waals surface area contributed by atoms with Crippen LogP contribution in [0.1, 0.15) is 13.8 Å². The molecule has 1 atom stereocenters. The van der Waals surface area contributed by atoms with Gasteiger partial charge in [0.1, 0.15) is 0 Å². The van der Waals surface area contributed by atoms with Gasteiger partial charge in [-0.2, -0.15) is 0 Å². The summed E-state index contributed by atoms with van der Waals surface area (Å²) in [6.07, 6.45) is -2.24. The van der Waals surface area contributed by atoms with Gasteiger partial charge in [-0.1, -0.05) is 0 Å². The van der Waals surface area contributed by atoms with E-state index in [4.69, 9.17) is 0 Å². The van der Waals surface area contributed by atoms with Crippen LogP contribution in [0.5, 0.6) is 0 Å². The SMILES string of the molecule is CC(C)N1CCNCC1C(F)F.Cl. The second-order valence-corrected chi connectivity index (χ2v) is 3.44. The predicted octanol–water partition coefficient (Wildman–Crippen LogP) is 1.36. The maximum Gasteiger partial charge on any atom is 0.255 e. The van der Waals surface area contributed by atoms with Crippen LogP contribution in [0.25, 0.3) is 0 Å². The Kier molecular flexibility index (Phi) is 5.76. The molecule has 1 N–H and O–H groups in total. The summed E-state index contributed by atoms with van der Waals surface area (Å²) in [6, 6.07) is -0.384. The van der Waals surface area contributed by atoms with Crippen LogP contribution >= 0.6 is 12.4 Å². The summed E-state index contributed by atoms with van der Waals surface area (Å²) in [5, 5.41) is 2.98. The van der Waals surface area contributed by atoms with Gasteiger partial charge in [0, 0.05) is 25.7 Å². The Bertz CT molecular complexity index is 128. The normalized spacial score (nSPS) is 24.9. The highest BCUT2D eigenvalue weighted by Crippen LogP contribution is 2.14. The number of hydrogen-bond acceptors (Lipinski definition) is 2. The molecular weight excluding hydrogens is 198 g/mol. The van der Waals surface area contributed by atoms with Crippen molar-refractivity contribution in [1.29, 1.82) is 0 Å². The van der Waals surface area contributed by atoms with Crippen LogP contribution in [0.3, 0.4) is 0 Å². The fourth-order valence-electron chi connectivity index (χ4n) is 1.62. The Labute approximate surface area is 84.1 Å². The van der Waals surface area contributed by atoms with Crippen molar-refractivity contribution >= 4 is 12.4 Å². The maximum atomic E-state index is 12.4. The molecule has 13 heavy (non-hydrogen) atoms. The largest absolute Gasteiger partial charge is 0.314 e. The zero-order valence-electron chi connectivity index (χ0n) is 7.96. The van der Waals surface area contributed by atoms with E-state index in [2.05, 4.69) is 5.32 Å². The minimum Gasteiger partial charge on any atom is -0.314 e. The first-order chi connectivity index (χ1) is 5.63. The molecular formula is C8H17ClF2N2. The van der Waals surface area contributed by atoms with Gasteiger partial charge in [-0.25, -0.2) is 8.78 Å². The Hall–Kier alpha value is 0.0700. The number of piperazine rings is 1. The van der Waals surface area contributed by atoms with Crippen molar-refractivity contribution in [2.75, 3.05) is 19.6 Å². The van der Waals surface area contributed by atoms with Crippen LogP contribution in [0, 0.1) is 0 Å². The molecule has 1 fully saturated rings. The molecule has 80 valence electrons. The number of hydrogen-bond donors (Lipinski definition) is 1. The minimum absolute atomic E-state index is 0. The number of nitrogens with zero attached hydrogens (tertiary/aromatic N) is 1. The molecule has 0 radical (unpaired) electrons. The summed E-state index contributed by atoms with van der Waals surface area (Å²) in [5.74, 6) is 0. The molecule has 0 aliphatic carbocycles. The minimum atomic E-state index is -2.24. The highest BCUT2D eigenvalue weighted by molar-refractivity contribution is 5.85. The summed E-state index contributed by atoms with van der Waals surface area (Å²) in [7, 11) is 0. The lowest BCUT2D eigenvalue weighted by Gasteiger charge is -2.38. The second-order valence-electron chi connectivity index (χ2n) is 3.44. The summed E-state index contributed by atoms with van der Waals surface area (Å²) in [5.41, 5.74) is 0. The van der Waals surface area contributed by atoms with Crippen molar-refractivity contribution in [1.82, 2.24) is 10.2 Å². The maximum absolute atomic E-state index is 12.4. The molecule has 1 unspecified atom stereocenters. The number of alkyl halides is 2. The summed E-state index contributed by atoms with van der Waals surface area (Å²) >= 11 is 0. The Morgan fingerprint density at radius 3 is 2.38 bits per heavy atom. The van der Waals surface area contributed by atoms with Crippen molar-refractivity contribution < 1.29 is 8.78 Å². The van der Waals surface area contributed by atoms with Gasteiger partial charge >= 0.3 is 0 Å². The first kappa shape index (κ1) is 13.1. The lowest BCUT2D eigenvalue weighted by Crippen LogP contribution is -2.56.